The van der Waals surface area contributed by atoms with Crippen LogP contribution in [0.25, 0.3) is 0 Å². The summed E-state index contributed by atoms with van der Waals surface area (Å²) >= 11 is 0. The molecule has 2 saturated carbocycles. The second-order valence-corrected chi connectivity index (χ2v) is 4.93. The van der Waals surface area contributed by atoms with Crippen molar-refractivity contribution in [3.63, 3.8) is 0 Å². The van der Waals surface area contributed by atoms with Gasteiger partial charge in [0.15, 0.2) is 0 Å². The van der Waals surface area contributed by atoms with Crippen molar-refractivity contribution < 1.29 is 4.74 Å². The smallest absolute Gasteiger partial charge is 0.0690 e. The molecule has 3 fully saturated rings. The standard InChI is InChI=1S/C10H16O/c1-8-6-9(8)4-5-11-10(7-9)2-3-10/h8H,2-7H2,1H3. The molecule has 1 heteroatoms. The molecule has 0 bridgehead atoms. The largest absolute Gasteiger partial charge is 0.375 e. The second kappa shape index (κ2) is 1.66. The van der Waals surface area contributed by atoms with Gasteiger partial charge in [0, 0.05) is 6.61 Å². The monoisotopic (exact) mass is 152 g/mol. The van der Waals surface area contributed by atoms with Crippen molar-refractivity contribution in [3.05, 3.63) is 0 Å². The van der Waals surface area contributed by atoms with Crippen molar-refractivity contribution in [2.75, 3.05) is 6.61 Å². The summed E-state index contributed by atoms with van der Waals surface area (Å²) in [5, 5.41) is 0. The molecule has 1 saturated heterocycles. The second-order valence-electron chi connectivity index (χ2n) is 4.93. The molecular weight excluding hydrogens is 136 g/mol. The first-order valence-electron chi connectivity index (χ1n) is 4.89. The van der Waals surface area contributed by atoms with E-state index >= 15 is 0 Å². The molecule has 0 radical (unpaired) electrons. The summed E-state index contributed by atoms with van der Waals surface area (Å²) in [5.74, 6) is 1.00. The van der Waals surface area contributed by atoms with Gasteiger partial charge in [0.1, 0.15) is 0 Å². The summed E-state index contributed by atoms with van der Waals surface area (Å²) in [6, 6.07) is 0. The van der Waals surface area contributed by atoms with Crippen molar-refractivity contribution in [3.8, 4) is 0 Å². The topological polar surface area (TPSA) is 9.23 Å². The van der Waals surface area contributed by atoms with Crippen molar-refractivity contribution in [2.45, 2.75) is 44.6 Å². The number of hydrogen-bond donors (Lipinski definition) is 0. The van der Waals surface area contributed by atoms with Crippen LogP contribution in [0, 0.1) is 11.3 Å². The van der Waals surface area contributed by atoms with Crippen LogP contribution < -0.4 is 0 Å². The lowest BCUT2D eigenvalue weighted by molar-refractivity contribution is -0.0387. The van der Waals surface area contributed by atoms with Gasteiger partial charge in [0.25, 0.3) is 0 Å². The molecule has 1 heterocycles. The zero-order valence-corrected chi connectivity index (χ0v) is 7.23. The van der Waals surface area contributed by atoms with Crippen LogP contribution in [0.5, 0.6) is 0 Å². The third kappa shape index (κ3) is 0.807. The first kappa shape index (κ1) is 6.47. The highest BCUT2D eigenvalue weighted by Crippen LogP contribution is 2.66. The molecule has 2 spiro atoms. The minimum atomic E-state index is 0.406. The highest BCUT2D eigenvalue weighted by molar-refractivity contribution is 5.11. The number of hydrogen-bond acceptors (Lipinski definition) is 1. The maximum Gasteiger partial charge on any atom is 0.0690 e. The summed E-state index contributed by atoms with van der Waals surface area (Å²) in [7, 11) is 0. The van der Waals surface area contributed by atoms with Gasteiger partial charge < -0.3 is 4.74 Å². The summed E-state index contributed by atoms with van der Waals surface area (Å²) in [4.78, 5) is 0. The molecule has 0 aromatic rings. The fourth-order valence-corrected chi connectivity index (χ4v) is 2.86. The summed E-state index contributed by atoms with van der Waals surface area (Å²) in [5.41, 5.74) is 1.16. The van der Waals surface area contributed by atoms with Gasteiger partial charge in [-0.05, 0) is 43.4 Å². The Morgan fingerprint density at radius 2 is 2.00 bits per heavy atom. The Morgan fingerprint density at radius 3 is 2.55 bits per heavy atom. The van der Waals surface area contributed by atoms with E-state index in [0.29, 0.717) is 5.60 Å². The summed E-state index contributed by atoms with van der Waals surface area (Å²) in [6.45, 7) is 3.45. The van der Waals surface area contributed by atoms with E-state index in [-0.39, 0.29) is 0 Å². The lowest BCUT2D eigenvalue weighted by Gasteiger charge is -2.30. The first-order valence-corrected chi connectivity index (χ1v) is 4.89. The Bertz CT molecular complexity index is 195. The predicted molar refractivity (Wildman–Crippen MR) is 43.4 cm³/mol. The highest BCUT2D eigenvalue weighted by Gasteiger charge is 2.61. The Kier molecular flexibility index (Phi) is 0.976. The minimum absolute atomic E-state index is 0.406. The summed E-state index contributed by atoms with van der Waals surface area (Å²) in [6.07, 6.45) is 6.91. The molecule has 3 aliphatic rings. The molecule has 2 unspecified atom stereocenters. The van der Waals surface area contributed by atoms with Crippen LogP contribution in [0.1, 0.15) is 39.0 Å². The molecule has 3 rings (SSSR count). The number of ether oxygens (including phenoxy) is 1. The zero-order chi connectivity index (χ0) is 7.53. The summed E-state index contributed by atoms with van der Waals surface area (Å²) < 4.78 is 5.80. The minimum Gasteiger partial charge on any atom is -0.375 e. The molecule has 1 nitrogen and oxygen atoms in total. The first-order chi connectivity index (χ1) is 5.25. The lowest BCUT2D eigenvalue weighted by atomic mass is 9.89. The quantitative estimate of drug-likeness (QED) is 0.517. The SMILES string of the molecule is CC1CC12CCOC1(CC1)C2. The van der Waals surface area contributed by atoms with Gasteiger partial charge in [-0.2, -0.15) is 0 Å². The zero-order valence-electron chi connectivity index (χ0n) is 7.23. The molecule has 62 valence electrons. The third-order valence-corrected chi connectivity index (χ3v) is 4.09. The van der Waals surface area contributed by atoms with E-state index in [0.717, 1.165) is 17.9 Å². The predicted octanol–water partition coefficient (Wildman–Crippen LogP) is 2.36. The van der Waals surface area contributed by atoms with Crippen LogP contribution >= 0.6 is 0 Å². The van der Waals surface area contributed by atoms with Gasteiger partial charge >= 0.3 is 0 Å². The highest BCUT2D eigenvalue weighted by atomic mass is 16.5. The molecule has 1 aliphatic heterocycles. The van der Waals surface area contributed by atoms with Gasteiger partial charge in [-0.1, -0.05) is 6.92 Å². The lowest BCUT2D eigenvalue weighted by Crippen LogP contribution is -2.28. The van der Waals surface area contributed by atoms with Crippen LogP contribution in [0.4, 0.5) is 0 Å². The van der Waals surface area contributed by atoms with Crippen molar-refractivity contribution >= 4 is 0 Å². The van der Waals surface area contributed by atoms with Gasteiger partial charge in [0.05, 0.1) is 5.60 Å². The Balaban J connectivity index is 1.79. The van der Waals surface area contributed by atoms with Crippen LogP contribution in [-0.2, 0) is 4.74 Å². The van der Waals surface area contributed by atoms with E-state index in [1.165, 1.54) is 32.1 Å². The molecule has 2 atom stereocenters. The van der Waals surface area contributed by atoms with E-state index < -0.39 is 0 Å². The molecule has 2 aliphatic carbocycles. The molecule has 0 aromatic carbocycles. The fraction of sp³-hybridized carbons (Fsp3) is 1.00. The maximum atomic E-state index is 5.80. The normalized spacial score (nSPS) is 51.5. The Labute approximate surface area is 68.1 Å². The van der Waals surface area contributed by atoms with Gasteiger partial charge in [-0.3, -0.25) is 0 Å². The van der Waals surface area contributed by atoms with E-state index in [1.54, 1.807) is 0 Å². The molecular formula is C10H16O. The van der Waals surface area contributed by atoms with E-state index in [9.17, 15) is 0 Å². The average molecular weight is 152 g/mol. The molecule has 0 N–H and O–H groups in total. The van der Waals surface area contributed by atoms with Crippen LogP contribution in [0.3, 0.4) is 0 Å². The number of rotatable bonds is 0. The van der Waals surface area contributed by atoms with Crippen LogP contribution in [0.15, 0.2) is 0 Å². The fourth-order valence-electron chi connectivity index (χ4n) is 2.86. The van der Waals surface area contributed by atoms with Crippen LogP contribution in [0.2, 0.25) is 0 Å². The van der Waals surface area contributed by atoms with Gasteiger partial charge in [-0.25, -0.2) is 0 Å². The maximum absolute atomic E-state index is 5.80. The Morgan fingerprint density at radius 1 is 1.27 bits per heavy atom. The van der Waals surface area contributed by atoms with E-state index in [2.05, 4.69) is 6.92 Å². The molecule has 0 amide bonds. The van der Waals surface area contributed by atoms with Gasteiger partial charge in [0.2, 0.25) is 0 Å². The average Bonchev–Trinajstić information content (AvgIpc) is 2.81. The van der Waals surface area contributed by atoms with Crippen molar-refractivity contribution in [2.24, 2.45) is 11.3 Å². The molecule has 0 aromatic heterocycles. The van der Waals surface area contributed by atoms with E-state index in [1.807, 2.05) is 0 Å². The van der Waals surface area contributed by atoms with Crippen molar-refractivity contribution in [1.29, 1.82) is 0 Å². The van der Waals surface area contributed by atoms with E-state index in [4.69, 9.17) is 4.74 Å². The van der Waals surface area contributed by atoms with Crippen LogP contribution in [-0.4, -0.2) is 12.2 Å². The van der Waals surface area contributed by atoms with Crippen molar-refractivity contribution in [1.82, 2.24) is 0 Å². The third-order valence-electron chi connectivity index (χ3n) is 4.09. The Hall–Kier alpha value is -0.0400. The van der Waals surface area contributed by atoms with Gasteiger partial charge in [-0.15, -0.1) is 0 Å². The molecule has 11 heavy (non-hydrogen) atoms.